The number of halogens is 1. The van der Waals surface area contributed by atoms with Crippen molar-refractivity contribution in [3.63, 3.8) is 0 Å². The number of benzene rings is 1. The maximum absolute atomic E-state index is 5.80. The van der Waals surface area contributed by atoms with E-state index in [1.807, 2.05) is 17.4 Å². The number of rotatable bonds is 2. The normalized spacial score (nSPS) is 16.1. The zero-order chi connectivity index (χ0) is 17.7. The minimum absolute atomic E-state index is 0. The van der Waals surface area contributed by atoms with Crippen LogP contribution >= 0.6 is 23.7 Å². The molecule has 0 fully saturated rings. The Morgan fingerprint density at radius 2 is 1.96 bits per heavy atom. The largest absolute Gasteiger partial charge is 0.464 e. The first-order valence-electron chi connectivity index (χ1n) is 9.25. The molecular weight excluding hydrogens is 374 g/mol. The van der Waals surface area contributed by atoms with E-state index in [0.717, 1.165) is 34.2 Å². The predicted octanol–water partition coefficient (Wildman–Crippen LogP) is 7.08. The second-order valence-corrected chi connectivity index (χ2v) is 8.51. The van der Waals surface area contributed by atoms with Crippen molar-refractivity contribution >= 4 is 34.0 Å². The summed E-state index contributed by atoms with van der Waals surface area (Å²) in [7, 11) is 0. The summed E-state index contributed by atoms with van der Waals surface area (Å²) in [5, 5.41) is 1.31. The summed E-state index contributed by atoms with van der Waals surface area (Å²) in [5.41, 5.74) is 6.13. The average molecular weight is 396 g/mol. The van der Waals surface area contributed by atoms with E-state index in [4.69, 9.17) is 9.40 Å². The summed E-state index contributed by atoms with van der Waals surface area (Å²) in [5.74, 6) is 1.70. The first-order chi connectivity index (χ1) is 12.7. The first kappa shape index (κ1) is 18.3. The van der Waals surface area contributed by atoms with E-state index < -0.39 is 0 Å². The third kappa shape index (κ3) is 3.19. The van der Waals surface area contributed by atoms with Crippen LogP contribution in [-0.2, 0) is 12.8 Å². The highest BCUT2D eigenvalue weighted by Crippen LogP contribution is 2.43. The average Bonchev–Trinajstić information content (AvgIpc) is 3.28. The first-order valence-corrected chi connectivity index (χ1v) is 10.1. The number of aryl methyl sites for hydroxylation is 2. The van der Waals surface area contributed by atoms with Crippen molar-refractivity contribution < 1.29 is 4.42 Å². The molecule has 0 bridgehead atoms. The Kier molecular flexibility index (Phi) is 4.83. The van der Waals surface area contributed by atoms with Gasteiger partial charge in [-0.05, 0) is 55.9 Å². The number of thiophene rings is 1. The standard InChI is InChI=1S/C23H21NOS.ClH/c1-14-5-8-16(9-6-14)19-13-18(20-4-3-11-25-20)22-17-10-7-15(2)12-21(17)26-23(22)24-19;/h3-6,8-9,11,13,15H,7,10,12H2,1-2H3;1H. The molecule has 4 heteroatoms. The summed E-state index contributed by atoms with van der Waals surface area (Å²) in [6, 6.07) is 14.8. The van der Waals surface area contributed by atoms with Gasteiger partial charge >= 0.3 is 0 Å². The van der Waals surface area contributed by atoms with Gasteiger partial charge in [0.1, 0.15) is 10.6 Å². The van der Waals surface area contributed by atoms with Gasteiger partial charge in [0.05, 0.1) is 12.0 Å². The quantitative estimate of drug-likeness (QED) is 0.362. The molecule has 0 amide bonds. The SMILES string of the molecule is Cc1ccc(-c2cc(-c3ccco3)c3c4c(sc3n2)CC(C)CC4)cc1.Cl. The van der Waals surface area contributed by atoms with Gasteiger partial charge in [0.25, 0.3) is 0 Å². The number of fused-ring (bicyclic) bond motifs is 3. The molecule has 1 aliphatic carbocycles. The Balaban J connectivity index is 0.00000180. The van der Waals surface area contributed by atoms with Crippen LogP contribution in [0.3, 0.4) is 0 Å². The number of pyridine rings is 1. The van der Waals surface area contributed by atoms with Crippen LogP contribution in [0.5, 0.6) is 0 Å². The Bertz CT molecular complexity index is 1080. The second-order valence-electron chi connectivity index (χ2n) is 7.43. The fourth-order valence-corrected chi connectivity index (χ4v) is 5.35. The number of nitrogens with zero attached hydrogens (tertiary/aromatic N) is 1. The van der Waals surface area contributed by atoms with Gasteiger partial charge in [0, 0.05) is 21.4 Å². The van der Waals surface area contributed by atoms with Crippen molar-refractivity contribution in [1.82, 2.24) is 4.98 Å². The third-order valence-corrected chi connectivity index (χ3v) is 6.55. The zero-order valence-corrected chi connectivity index (χ0v) is 17.1. The number of furan rings is 1. The van der Waals surface area contributed by atoms with Crippen LogP contribution in [0.25, 0.3) is 32.8 Å². The van der Waals surface area contributed by atoms with Crippen LogP contribution in [0, 0.1) is 12.8 Å². The Labute approximate surface area is 169 Å². The van der Waals surface area contributed by atoms with Gasteiger partial charge in [0.2, 0.25) is 0 Å². The molecular formula is C23H22ClNOS. The molecule has 3 aromatic heterocycles. The third-order valence-electron chi connectivity index (χ3n) is 5.40. The molecule has 1 aromatic carbocycles. The minimum atomic E-state index is 0. The van der Waals surface area contributed by atoms with Crippen LogP contribution < -0.4 is 0 Å². The van der Waals surface area contributed by atoms with Crippen LogP contribution in [0.15, 0.2) is 53.1 Å². The highest BCUT2D eigenvalue weighted by atomic mass is 35.5. The molecule has 4 aromatic rings. The van der Waals surface area contributed by atoms with Crippen molar-refractivity contribution in [2.24, 2.45) is 5.92 Å². The lowest BCUT2D eigenvalue weighted by atomic mass is 9.88. The van der Waals surface area contributed by atoms with Crippen molar-refractivity contribution in [2.45, 2.75) is 33.1 Å². The molecule has 27 heavy (non-hydrogen) atoms. The van der Waals surface area contributed by atoms with E-state index in [-0.39, 0.29) is 12.4 Å². The van der Waals surface area contributed by atoms with Crippen molar-refractivity contribution in [2.75, 3.05) is 0 Å². The molecule has 1 unspecified atom stereocenters. The molecule has 0 spiro atoms. The summed E-state index contributed by atoms with van der Waals surface area (Å²) in [4.78, 5) is 7.71. The van der Waals surface area contributed by atoms with E-state index in [2.05, 4.69) is 50.2 Å². The van der Waals surface area contributed by atoms with Gasteiger partial charge in [-0.15, -0.1) is 23.7 Å². The molecule has 138 valence electrons. The fraction of sp³-hybridized carbons (Fsp3) is 0.261. The van der Waals surface area contributed by atoms with Crippen LogP contribution in [-0.4, -0.2) is 4.98 Å². The van der Waals surface area contributed by atoms with Crippen LogP contribution in [0.4, 0.5) is 0 Å². The Morgan fingerprint density at radius 3 is 2.70 bits per heavy atom. The zero-order valence-electron chi connectivity index (χ0n) is 15.5. The lowest BCUT2D eigenvalue weighted by Gasteiger charge is -2.18. The second kappa shape index (κ2) is 7.14. The number of hydrogen-bond donors (Lipinski definition) is 0. The highest BCUT2D eigenvalue weighted by Gasteiger charge is 2.24. The number of aromatic nitrogens is 1. The van der Waals surface area contributed by atoms with Crippen molar-refractivity contribution in [1.29, 1.82) is 0 Å². The molecule has 0 aliphatic heterocycles. The van der Waals surface area contributed by atoms with Gasteiger partial charge in [-0.2, -0.15) is 0 Å². The summed E-state index contributed by atoms with van der Waals surface area (Å²) in [6.45, 7) is 4.47. The summed E-state index contributed by atoms with van der Waals surface area (Å²) < 4.78 is 5.80. The smallest absolute Gasteiger partial charge is 0.134 e. The molecule has 0 radical (unpaired) electrons. The molecule has 1 atom stereocenters. The van der Waals surface area contributed by atoms with Crippen LogP contribution in [0.2, 0.25) is 0 Å². The van der Waals surface area contributed by atoms with Gasteiger partial charge < -0.3 is 4.42 Å². The molecule has 0 saturated heterocycles. The van der Waals surface area contributed by atoms with E-state index >= 15 is 0 Å². The van der Waals surface area contributed by atoms with Crippen molar-refractivity contribution in [3.05, 3.63) is 64.7 Å². The molecule has 5 rings (SSSR count). The Morgan fingerprint density at radius 1 is 1.15 bits per heavy atom. The molecule has 0 N–H and O–H groups in total. The maximum Gasteiger partial charge on any atom is 0.134 e. The monoisotopic (exact) mass is 395 g/mol. The van der Waals surface area contributed by atoms with Gasteiger partial charge in [-0.1, -0.05) is 36.8 Å². The molecule has 0 saturated carbocycles. The van der Waals surface area contributed by atoms with Gasteiger partial charge in [0.15, 0.2) is 0 Å². The van der Waals surface area contributed by atoms with Gasteiger partial charge in [-0.3, -0.25) is 0 Å². The molecule has 2 nitrogen and oxygen atoms in total. The van der Waals surface area contributed by atoms with E-state index in [1.165, 1.54) is 39.8 Å². The molecule has 1 aliphatic rings. The van der Waals surface area contributed by atoms with Crippen LogP contribution in [0.1, 0.15) is 29.3 Å². The highest BCUT2D eigenvalue weighted by molar-refractivity contribution is 7.19. The predicted molar refractivity (Wildman–Crippen MR) is 116 cm³/mol. The lowest BCUT2D eigenvalue weighted by molar-refractivity contribution is 0.509. The maximum atomic E-state index is 5.80. The topological polar surface area (TPSA) is 26.0 Å². The Hall–Kier alpha value is -2.10. The van der Waals surface area contributed by atoms with E-state index in [0.29, 0.717) is 0 Å². The summed E-state index contributed by atoms with van der Waals surface area (Å²) in [6.07, 6.45) is 5.34. The van der Waals surface area contributed by atoms with Crippen molar-refractivity contribution in [3.8, 4) is 22.6 Å². The lowest BCUT2D eigenvalue weighted by Crippen LogP contribution is -2.08. The fourth-order valence-electron chi connectivity index (χ4n) is 3.94. The van der Waals surface area contributed by atoms with E-state index in [1.54, 1.807) is 6.26 Å². The van der Waals surface area contributed by atoms with E-state index in [9.17, 15) is 0 Å². The minimum Gasteiger partial charge on any atom is -0.464 e. The number of hydrogen-bond acceptors (Lipinski definition) is 3. The van der Waals surface area contributed by atoms with Gasteiger partial charge in [-0.25, -0.2) is 4.98 Å². The summed E-state index contributed by atoms with van der Waals surface area (Å²) >= 11 is 1.87. The molecule has 3 heterocycles.